The molecule has 0 saturated carbocycles. The van der Waals surface area contributed by atoms with Gasteiger partial charge in [-0.25, -0.2) is 4.79 Å². The average Bonchev–Trinajstić information content (AvgIpc) is 3.48. The molecule has 0 amide bonds. The van der Waals surface area contributed by atoms with Gasteiger partial charge in [0.25, 0.3) is 0 Å². The minimum absolute atomic E-state index is 0.253. The normalized spacial score (nSPS) is 13.8. The largest absolute Gasteiger partial charge is 0.493 e. The lowest BCUT2D eigenvalue weighted by molar-refractivity contribution is 0.0512. The molecule has 218 valence electrons. The molecule has 0 unspecified atom stereocenters. The number of esters is 1. The summed E-state index contributed by atoms with van der Waals surface area (Å²) < 4.78 is 16.2. The van der Waals surface area contributed by atoms with Crippen LogP contribution >= 0.6 is 0 Å². The molecule has 42 heavy (non-hydrogen) atoms. The third kappa shape index (κ3) is 5.07. The smallest absolute Gasteiger partial charge is 0.355 e. The lowest BCUT2D eigenvalue weighted by atomic mass is 9.97. The highest BCUT2D eigenvalue weighted by Gasteiger charge is 2.28. The van der Waals surface area contributed by atoms with Gasteiger partial charge in [-0.05, 0) is 63.2 Å². The number of aromatic nitrogens is 3. The molecular formula is C35H40N4O3. The van der Waals surface area contributed by atoms with Crippen molar-refractivity contribution in [3.05, 3.63) is 83.3 Å². The molecule has 0 aliphatic carbocycles. The molecule has 3 aromatic carbocycles. The Morgan fingerprint density at radius 3 is 2.57 bits per heavy atom. The number of carbonyl (C=O) groups excluding carboxylic acids is 1. The first-order chi connectivity index (χ1) is 20.5. The van der Waals surface area contributed by atoms with Gasteiger partial charge in [0.05, 0.1) is 24.4 Å². The van der Waals surface area contributed by atoms with E-state index < -0.39 is 0 Å². The molecule has 0 bridgehead atoms. The van der Waals surface area contributed by atoms with Crippen LogP contribution in [0.1, 0.15) is 54.1 Å². The average molecular weight is 565 g/mol. The molecule has 0 atom stereocenters. The number of ether oxygens (including phenoxy) is 2. The third-order valence-electron chi connectivity index (χ3n) is 8.42. The summed E-state index contributed by atoms with van der Waals surface area (Å²) in [4.78, 5) is 16.0. The number of hydrogen-bond acceptors (Lipinski definition) is 5. The number of carbonyl (C=O) groups is 1. The van der Waals surface area contributed by atoms with Crippen molar-refractivity contribution in [1.29, 1.82) is 0 Å². The zero-order valence-electron chi connectivity index (χ0n) is 25.2. The maximum absolute atomic E-state index is 13.6. The van der Waals surface area contributed by atoms with Crippen LogP contribution in [0.2, 0.25) is 0 Å². The van der Waals surface area contributed by atoms with E-state index in [0.29, 0.717) is 25.3 Å². The Bertz CT molecular complexity index is 1740. The van der Waals surface area contributed by atoms with Crippen molar-refractivity contribution in [3.8, 4) is 16.9 Å². The Kier molecular flexibility index (Phi) is 8.02. The second-order valence-electron chi connectivity index (χ2n) is 11.2. The molecule has 0 radical (unpaired) electrons. The van der Waals surface area contributed by atoms with Gasteiger partial charge in [0.1, 0.15) is 11.4 Å². The predicted molar refractivity (Wildman–Crippen MR) is 168 cm³/mol. The maximum Gasteiger partial charge on any atom is 0.355 e. The number of rotatable bonds is 8. The zero-order chi connectivity index (χ0) is 29.2. The molecule has 0 spiro atoms. The summed E-state index contributed by atoms with van der Waals surface area (Å²) in [6.07, 6.45) is 3.29. The standard InChI is InChI=1S/C35H40N4O3/c1-5-30-32-28-17-10-16-26-27(18-11-22-42-31-19-9-14-24-13-7-8-15-25(24)31)34(35(40)41-6-2)39(33(26)28)21-12-20-37(3)23-29(32)36-38(30)4/h7-10,13-17,19H,5-6,11-12,18,20-23H2,1-4H3. The summed E-state index contributed by atoms with van der Waals surface area (Å²) in [7, 11) is 4.19. The molecule has 0 saturated heterocycles. The third-order valence-corrected chi connectivity index (χ3v) is 8.42. The van der Waals surface area contributed by atoms with Gasteiger partial charge in [0, 0.05) is 47.7 Å². The van der Waals surface area contributed by atoms with E-state index in [4.69, 9.17) is 14.6 Å². The van der Waals surface area contributed by atoms with Crippen molar-refractivity contribution in [2.45, 2.75) is 52.6 Å². The van der Waals surface area contributed by atoms with Gasteiger partial charge in [-0.3, -0.25) is 4.68 Å². The predicted octanol–water partition coefficient (Wildman–Crippen LogP) is 6.78. The summed E-state index contributed by atoms with van der Waals surface area (Å²) in [5.74, 6) is 0.638. The quantitative estimate of drug-likeness (QED) is 0.154. The van der Waals surface area contributed by atoms with Crippen molar-refractivity contribution in [1.82, 2.24) is 19.2 Å². The van der Waals surface area contributed by atoms with E-state index in [-0.39, 0.29) is 5.97 Å². The lowest BCUT2D eigenvalue weighted by Gasteiger charge is -2.20. The lowest BCUT2D eigenvalue weighted by Crippen LogP contribution is -2.23. The molecule has 5 aromatic rings. The molecule has 1 aliphatic heterocycles. The molecule has 3 heterocycles. The first-order valence-electron chi connectivity index (χ1n) is 15.2. The molecule has 0 N–H and O–H groups in total. The summed E-state index contributed by atoms with van der Waals surface area (Å²) in [6, 6.07) is 20.9. The number of benzene rings is 3. The molecule has 1 aliphatic rings. The van der Waals surface area contributed by atoms with Crippen LogP contribution in [0.25, 0.3) is 32.8 Å². The fraction of sp³-hybridized carbons (Fsp3) is 0.371. The van der Waals surface area contributed by atoms with Gasteiger partial charge in [-0.1, -0.05) is 61.5 Å². The van der Waals surface area contributed by atoms with Crippen molar-refractivity contribution >= 4 is 27.6 Å². The van der Waals surface area contributed by atoms with Crippen molar-refractivity contribution in [2.24, 2.45) is 7.05 Å². The van der Waals surface area contributed by atoms with Crippen LogP contribution in [0.4, 0.5) is 0 Å². The van der Waals surface area contributed by atoms with E-state index in [9.17, 15) is 4.79 Å². The highest BCUT2D eigenvalue weighted by Crippen LogP contribution is 2.39. The van der Waals surface area contributed by atoms with E-state index >= 15 is 0 Å². The van der Waals surface area contributed by atoms with Crippen LogP contribution in [-0.4, -0.2) is 52.0 Å². The zero-order valence-corrected chi connectivity index (χ0v) is 25.2. The first kappa shape index (κ1) is 28.0. The van der Waals surface area contributed by atoms with Crippen LogP contribution in [0.15, 0.2) is 60.7 Å². The van der Waals surface area contributed by atoms with Crippen molar-refractivity contribution in [2.75, 3.05) is 26.8 Å². The Morgan fingerprint density at radius 2 is 1.74 bits per heavy atom. The minimum atomic E-state index is -0.253. The number of hydrogen-bond donors (Lipinski definition) is 0. The van der Waals surface area contributed by atoms with E-state index in [1.54, 1.807) is 0 Å². The molecule has 2 aromatic heterocycles. The number of aryl methyl sites for hydroxylation is 3. The highest BCUT2D eigenvalue weighted by molar-refractivity contribution is 6.05. The monoisotopic (exact) mass is 564 g/mol. The van der Waals surface area contributed by atoms with Crippen molar-refractivity contribution in [3.63, 3.8) is 0 Å². The Morgan fingerprint density at radius 1 is 0.952 bits per heavy atom. The summed E-state index contributed by atoms with van der Waals surface area (Å²) in [5.41, 5.74) is 7.47. The van der Waals surface area contributed by atoms with Crippen molar-refractivity contribution < 1.29 is 14.3 Å². The van der Waals surface area contributed by atoms with Crippen LogP contribution in [-0.2, 0) is 37.7 Å². The fourth-order valence-electron chi connectivity index (χ4n) is 6.62. The maximum atomic E-state index is 13.6. The van der Waals surface area contributed by atoms with Crippen LogP contribution in [0, 0.1) is 0 Å². The second-order valence-corrected chi connectivity index (χ2v) is 11.2. The van der Waals surface area contributed by atoms with Gasteiger partial charge in [-0.2, -0.15) is 5.10 Å². The number of nitrogens with zero attached hydrogens (tertiary/aromatic N) is 4. The first-order valence-corrected chi connectivity index (χ1v) is 15.2. The Hall–Kier alpha value is -4.10. The van der Waals surface area contributed by atoms with E-state index in [2.05, 4.69) is 59.8 Å². The molecule has 0 fully saturated rings. The Balaban J connectivity index is 1.43. The summed E-state index contributed by atoms with van der Waals surface area (Å²) in [5, 5.41) is 8.37. The molecule has 7 heteroatoms. The van der Waals surface area contributed by atoms with E-state index in [0.717, 1.165) is 77.8 Å². The summed E-state index contributed by atoms with van der Waals surface area (Å²) >= 11 is 0. The Labute approximate surface area is 247 Å². The van der Waals surface area contributed by atoms with Crippen LogP contribution in [0.5, 0.6) is 5.75 Å². The van der Waals surface area contributed by atoms with Gasteiger partial charge in [0.15, 0.2) is 0 Å². The van der Waals surface area contributed by atoms with Gasteiger partial charge >= 0.3 is 5.97 Å². The van der Waals surface area contributed by atoms with Gasteiger partial charge in [0.2, 0.25) is 0 Å². The van der Waals surface area contributed by atoms with Gasteiger partial charge in [-0.15, -0.1) is 0 Å². The summed E-state index contributed by atoms with van der Waals surface area (Å²) in [6.45, 7) is 7.41. The molecule has 7 nitrogen and oxygen atoms in total. The number of para-hydroxylation sites is 1. The minimum Gasteiger partial charge on any atom is -0.493 e. The molecule has 6 rings (SSSR count). The van der Waals surface area contributed by atoms with Gasteiger partial charge < -0.3 is 18.9 Å². The highest BCUT2D eigenvalue weighted by atomic mass is 16.5. The molecular weight excluding hydrogens is 524 g/mol. The second kappa shape index (κ2) is 12.0. The van der Waals surface area contributed by atoms with Crippen LogP contribution < -0.4 is 4.74 Å². The fourth-order valence-corrected chi connectivity index (χ4v) is 6.62. The van der Waals surface area contributed by atoms with E-state index in [1.165, 1.54) is 16.6 Å². The SMILES string of the molecule is CCOC(=O)c1c(CCCOc2cccc3ccccc23)c2cccc3c2n1CCCN(C)Cc1nn(C)c(CC)c1-3. The number of fused-ring (bicyclic) bond motifs is 3. The van der Waals surface area contributed by atoms with E-state index in [1.807, 2.05) is 42.9 Å². The van der Waals surface area contributed by atoms with Crippen LogP contribution in [0.3, 0.4) is 0 Å². The topological polar surface area (TPSA) is 61.5 Å².